The summed E-state index contributed by atoms with van der Waals surface area (Å²) in [6.07, 6.45) is 0. The van der Waals surface area contributed by atoms with Crippen LogP contribution in [0.25, 0.3) is 0 Å². The van der Waals surface area contributed by atoms with Crippen LogP contribution in [0.5, 0.6) is 5.75 Å². The minimum Gasteiger partial charge on any atom is -0.497 e. The lowest BCUT2D eigenvalue weighted by atomic mass is 9.65. The zero-order valence-corrected chi connectivity index (χ0v) is 17.5. The zero-order chi connectivity index (χ0) is 21.8. The third kappa shape index (κ3) is 3.38. The lowest BCUT2D eigenvalue weighted by molar-refractivity contribution is -0.139. The molecular weight excluding hydrogens is 388 g/mol. The first kappa shape index (κ1) is 20.4. The number of hydrogen-bond acceptors (Lipinski definition) is 5. The molecule has 3 aromatic carbocycles. The average molecular weight is 412 g/mol. The molecular formula is C26H24N2O3. The van der Waals surface area contributed by atoms with E-state index in [9.17, 15) is 4.79 Å². The molecule has 31 heavy (non-hydrogen) atoms. The van der Waals surface area contributed by atoms with E-state index in [1.54, 1.807) is 14.0 Å². The molecule has 1 aliphatic heterocycles. The number of benzene rings is 3. The SMILES string of the molecule is CCOC(=O)C1=C(N)N=C(c2ccc(OC)cc2)C1(c1ccccc1)c1ccccc1. The van der Waals surface area contributed by atoms with Gasteiger partial charge >= 0.3 is 5.97 Å². The molecule has 0 amide bonds. The third-order valence-electron chi connectivity index (χ3n) is 5.48. The van der Waals surface area contributed by atoms with Gasteiger partial charge in [0.15, 0.2) is 0 Å². The molecule has 0 aromatic heterocycles. The molecule has 3 aromatic rings. The highest BCUT2D eigenvalue weighted by atomic mass is 16.5. The summed E-state index contributed by atoms with van der Waals surface area (Å²) in [6.45, 7) is 2.02. The van der Waals surface area contributed by atoms with Crippen molar-refractivity contribution in [2.75, 3.05) is 13.7 Å². The van der Waals surface area contributed by atoms with Gasteiger partial charge < -0.3 is 15.2 Å². The summed E-state index contributed by atoms with van der Waals surface area (Å²) in [5.41, 5.74) is 9.03. The van der Waals surface area contributed by atoms with Crippen LogP contribution >= 0.6 is 0 Å². The first-order valence-corrected chi connectivity index (χ1v) is 10.1. The van der Waals surface area contributed by atoms with E-state index in [0.29, 0.717) is 11.3 Å². The minimum atomic E-state index is -1.01. The Bertz CT molecular complexity index is 1090. The van der Waals surface area contributed by atoms with Crippen molar-refractivity contribution in [3.8, 4) is 5.75 Å². The van der Waals surface area contributed by atoms with Gasteiger partial charge in [0.2, 0.25) is 0 Å². The van der Waals surface area contributed by atoms with Gasteiger partial charge in [-0.2, -0.15) is 0 Å². The monoisotopic (exact) mass is 412 g/mol. The number of esters is 1. The van der Waals surface area contributed by atoms with E-state index >= 15 is 0 Å². The van der Waals surface area contributed by atoms with Crippen molar-refractivity contribution < 1.29 is 14.3 Å². The maximum Gasteiger partial charge on any atom is 0.339 e. The normalized spacial score (nSPS) is 14.8. The van der Waals surface area contributed by atoms with E-state index in [1.807, 2.05) is 84.9 Å². The lowest BCUT2D eigenvalue weighted by Gasteiger charge is -2.34. The van der Waals surface area contributed by atoms with Crippen molar-refractivity contribution in [2.24, 2.45) is 10.7 Å². The highest BCUT2D eigenvalue weighted by molar-refractivity contribution is 6.20. The molecule has 0 bridgehead atoms. The summed E-state index contributed by atoms with van der Waals surface area (Å²) < 4.78 is 10.8. The fourth-order valence-corrected chi connectivity index (χ4v) is 4.17. The second-order valence-corrected chi connectivity index (χ2v) is 7.15. The van der Waals surface area contributed by atoms with Gasteiger partial charge in [-0.3, -0.25) is 0 Å². The Morgan fingerprint density at radius 3 is 1.94 bits per heavy atom. The number of methoxy groups -OCH3 is 1. The number of hydrogen-bond donors (Lipinski definition) is 1. The van der Waals surface area contributed by atoms with E-state index in [1.165, 1.54) is 0 Å². The Labute approximate surface area is 181 Å². The summed E-state index contributed by atoms with van der Waals surface area (Å²) >= 11 is 0. The molecule has 2 N–H and O–H groups in total. The maximum absolute atomic E-state index is 13.2. The third-order valence-corrected chi connectivity index (χ3v) is 5.48. The predicted octanol–water partition coefficient (Wildman–Crippen LogP) is 4.22. The standard InChI is InChI=1S/C26H24N2O3/c1-3-31-25(29)22-24(27)28-23(18-14-16-21(30-2)17-15-18)26(22,19-10-6-4-7-11-19)20-12-8-5-9-13-20/h4-17H,3,27H2,1-2H3. The molecule has 5 nitrogen and oxygen atoms in total. The fourth-order valence-electron chi connectivity index (χ4n) is 4.17. The van der Waals surface area contributed by atoms with Gasteiger partial charge in [-0.25, -0.2) is 9.79 Å². The molecule has 0 unspecified atom stereocenters. The fraction of sp³-hybridized carbons (Fsp3) is 0.154. The van der Waals surface area contributed by atoms with Crippen LogP contribution in [0, 0.1) is 0 Å². The van der Waals surface area contributed by atoms with Crippen LogP contribution < -0.4 is 10.5 Å². The van der Waals surface area contributed by atoms with Crippen LogP contribution in [-0.2, 0) is 14.9 Å². The van der Waals surface area contributed by atoms with Crippen molar-refractivity contribution >= 4 is 11.7 Å². The van der Waals surface area contributed by atoms with Crippen molar-refractivity contribution in [3.05, 3.63) is 113 Å². The van der Waals surface area contributed by atoms with Gasteiger partial charge in [0.1, 0.15) is 17.1 Å². The Morgan fingerprint density at radius 1 is 0.903 bits per heavy atom. The molecule has 1 aliphatic rings. The summed E-state index contributed by atoms with van der Waals surface area (Å²) in [5.74, 6) is 0.427. The molecule has 156 valence electrons. The Morgan fingerprint density at radius 2 is 1.45 bits per heavy atom. The van der Waals surface area contributed by atoms with E-state index in [-0.39, 0.29) is 12.4 Å². The van der Waals surface area contributed by atoms with Crippen LogP contribution in [0.2, 0.25) is 0 Å². The minimum absolute atomic E-state index is 0.164. The molecule has 1 heterocycles. The average Bonchev–Trinajstić information content (AvgIpc) is 3.14. The van der Waals surface area contributed by atoms with Gasteiger partial charge in [0.25, 0.3) is 0 Å². The van der Waals surface area contributed by atoms with Crippen LogP contribution in [0.3, 0.4) is 0 Å². The van der Waals surface area contributed by atoms with Gasteiger partial charge in [-0.05, 0) is 47.9 Å². The predicted molar refractivity (Wildman–Crippen MR) is 121 cm³/mol. The molecule has 0 spiro atoms. The topological polar surface area (TPSA) is 73.9 Å². The van der Waals surface area contributed by atoms with E-state index in [2.05, 4.69) is 0 Å². The summed E-state index contributed by atoms with van der Waals surface area (Å²) in [5, 5.41) is 0. The van der Waals surface area contributed by atoms with Gasteiger partial charge in [0, 0.05) is 0 Å². The number of carbonyl (C=O) groups is 1. The van der Waals surface area contributed by atoms with Crippen molar-refractivity contribution in [3.63, 3.8) is 0 Å². The highest BCUT2D eigenvalue weighted by Crippen LogP contribution is 2.47. The zero-order valence-electron chi connectivity index (χ0n) is 17.5. The lowest BCUT2D eigenvalue weighted by Crippen LogP contribution is -2.41. The Kier molecular flexibility index (Phi) is 5.58. The van der Waals surface area contributed by atoms with Gasteiger partial charge in [-0.1, -0.05) is 60.7 Å². The largest absolute Gasteiger partial charge is 0.497 e. The summed E-state index contributed by atoms with van der Waals surface area (Å²) in [7, 11) is 1.62. The number of carbonyl (C=O) groups excluding carboxylic acids is 1. The van der Waals surface area contributed by atoms with Crippen molar-refractivity contribution in [1.29, 1.82) is 0 Å². The summed E-state index contributed by atoms with van der Waals surface area (Å²) in [4.78, 5) is 18.0. The van der Waals surface area contributed by atoms with Gasteiger partial charge in [-0.15, -0.1) is 0 Å². The molecule has 0 fully saturated rings. The smallest absolute Gasteiger partial charge is 0.339 e. The van der Waals surface area contributed by atoms with Crippen LogP contribution in [-0.4, -0.2) is 25.4 Å². The number of ether oxygens (including phenoxy) is 2. The Hall–Kier alpha value is -3.86. The first-order valence-electron chi connectivity index (χ1n) is 10.1. The van der Waals surface area contributed by atoms with Crippen molar-refractivity contribution in [1.82, 2.24) is 0 Å². The highest BCUT2D eigenvalue weighted by Gasteiger charge is 2.52. The molecule has 0 saturated heterocycles. The maximum atomic E-state index is 13.2. The first-order chi connectivity index (χ1) is 15.1. The van der Waals surface area contributed by atoms with E-state index < -0.39 is 11.4 Å². The molecule has 5 heteroatoms. The quantitative estimate of drug-likeness (QED) is 0.615. The number of aliphatic imine (C=N–C) groups is 1. The van der Waals surface area contributed by atoms with E-state index in [0.717, 1.165) is 22.4 Å². The number of nitrogens with zero attached hydrogens (tertiary/aromatic N) is 1. The second kappa shape index (κ2) is 8.48. The molecule has 4 rings (SSSR count). The molecule has 0 saturated carbocycles. The molecule has 0 atom stereocenters. The van der Waals surface area contributed by atoms with Crippen LogP contribution in [0.15, 0.2) is 101 Å². The Balaban J connectivity index is 2.05. The van der Waals surface area contributed by atoms with Crippen LogP contribution in [0.4, 0.5) is 0 Å². The number of nitrogens with two attached hydrogens (primary N) is 1. The second-order valence-electron chi connectivity index (χ2n) is 7.15. The van der Waals surface area contributed by atoms with Gasteiger partial charge in [0.05, 0.1) is 24.8 Å². The summed E-state index contributed by atoms with van der Waals surface area (Å²) in [6, 6.07) is 27.2. The molecule has 0 aliphatic carbocycles. The number of rotatable bonds is 6. The molecule has 0 radical (unpaired) electrons. The van der Waals surface area contributed by atoms with Crippen molar-refractivity contribution in [2.45, 2.75) is 12.3 Å². The van der Waals surface area contributed by atoms with E-state index in [4.69, 9.17) is 20.2 Å². The van der Waals surface area contributed by atoms with Crippen LogP contribution in [0.1, 0.15) is 23.6 Å².